The zero-order valence-corrected chi connectivity index (χ0v) is 12.1. The number of hydrogen-bond acceptors (Lipinski definition) is 3. The summed E-state index contributed by atoms with van der Waals surface area (Å²) in [6.45, 7) is 0. The number of amides is 1. The summed E-state index contributed by atoms with van der Waals surface area (Å²) in [5, 5.41) is 0. The van der Waals surface area contributed by atoms with Gasteiger partial charge in [-0.25, -0.2) is 4.39 Å². The van der Waals surface area contributed by atoms with Crippen molar-refractivity contribution in [3.05, 3.63) is 78.2 Å². The van der Waals surface area contributed by atoms with Crippen molar-refractivity contribution in [2.45, 2.75) is 0 Å². The number of benzene rings is 2. The summed E-state index contributed by atoms with van der Waals surface area (Å²) in [6, 6.07) is 16.1. The largest absolute Gasteiger partial charge is 0.457 e. The first kappa shape index (κ1) is 14.7. The highest BCUT2D eigenvalue weighted by atomic mass is 19.1. The molecule has 0 bridgehead atoms. The van der Waals surface area contributed by atoms with Crippen LogP contribution in [-0.4, -0.2) is 10.9 Å². The van der Waals surface area contributed by atoms with Gasteiger partial charge in [0.05, 0.1) is 11.3 Å². The molecule has 0 saturated carbocycles. The van der Waals surface area contributed by atoms with Gasteiger partial charge < -0.3 is 10.5 Å². The minimum absolute atomic E-state index is 0.318. The van der Waals surface area contributed by atoms with E-state index < -0.39 is 5.91 Å². The van der Waals surface area contributed by atoms with E-state index in [0.29, 0.717) is 22.8 Å². The Hall–Kier alpha value is -3.21. The number of carbonyl (C=O) groups is 1. The maximum absolute atomic E-state index is 12.9. The Balaban J connectivity index is 1.85. The van der Waals surface area contributed by atoms with Crippen molar-refractivity contribution in [2.24, 2.45) is 5.73 Å². The molecule has 3 aromatic rings. The van der Waals surface area contributed by atoms with Crippen LogP contribution in [0, 0.1) is 5.82 Å². The van der Waals surface area contributed by atoms with Crippen LogP contribution in [0.4, 0.5) is 4.39 Å². The fourth-order valence-corrected chi connectivity index (χ4v) is 2.15. The Morgan fingerprint density at radius 2 is 1.57 bits per heavy atom. The number of carbonyl (C=O) groups excluding carboxylic acids is 1. The maximum atomic E-state index is 12.9. The van der Waals surface area contributed by atoms with Crippen molar-refractivity contribution in [1.29, 1.82) is 0 Å². The lowest BCUT2D eigenvalue weighted by molar-refractivity contribution is 0.100. The standard InChI is InChI=1S/C18H13FN2O2/c19-13-5-9-15(10-6-13)23-14-7-3-12(4-8-14)17-16(18(20)22)2-1-11-21-17/h1-11H,(H2,20,22). The molecule has 1 heterocycles. The van der Waals surface area contributed by atoms with Crippen LogP contribution >= 0.6 is 0 Å². The normalized spacial score (nSPS) is 10.3. The minimum atomic E-state index is -0.528. The molecule has 3 rings (SSSR count). The molecular weight excluding hydrogens is 295 g/mol. The van der Waals surface area contributed by atoms with E-state index in [9.17, 15) is 9.18 Å². The van der Waals surface area contributed by atoms with E-state index in [1.807, 2.05) is 0 Å². The average Bonchev–Trinajstić information content (AvgIpc) is 2.58. The molecule has 0 aliphatic heterocycles. The van der Waals surface area contributed by atoms with Gasteiger partial charge in [-0.3, -0.25) is 9.78 Å². The second-order valence-electron chi connectivity index (χ2n) is 4.84. The third kappa shape index (κ3) is 3.35. The van der Waals surface area contributed by atoms with Crippen molar-refractivity contribution in [1.82, 2.24) is 4.98 Å². The van der Waals surface area contributed by atoms with E-state index in [-0.39, 0.29) is 5.82 Å². The summed E-state index contributed by atoms with van der Waals surface area (Å²) < 4.78 is 18.5. The van der Waals surface area contributed by atoms with Crippen LogP contribution in [0.25, 0.3) is 11.3 Å². The van der Waals surface area contributed by atoms with Crippen LogP contribution in [0.1, 0.15) is 10.4 Å². The van der Waals surface area contributed by atoms with E-state index >= 15 is 0 Å². The first-order valence-corrected chi connectivity index (χ1v) is 6.92. The Kier molecular flexibility index (Phi) is 4.01. The number of rotatable bonds is 4. The molecule has 0 aliphatic rings. The van der Waals surface area contributed by atoms with Gasteiger partial charge in [0.15, 0.2) is 0 Å². The van der Waals surface area contributed by atoms with Crippen LogP contribution in [-0.2, 0) is 0 Å². The summed E-state index contributed by atoms with van der Waals surface area (Å²) >= 11 is 0. The smallest absolute Gasteiger partial charge is 0.250 e. The molecule has 2 N–H and O–H groups in total. The van der Waals surface area contributed by atoms with Crippen LogP contribution < -0.4 is 10.5 Å². The third-order valence-corrected chi connectivity index (χ3v) is 3.25. The van der Waals surface area contributed by atoms with Gasteiger partial charge in [-0.2, -0.15) is 0 Å². The number of pyridine rings is 1. The molecule has 0 atom stereocenters. The molecule has 2 aromatic carbocycles. The van der Waals surface area contributed by atoms with E-state index in [4.69, 9.17) is 10.5 Å². The number of hydrogen-bond donors (Lipinski definition) is 1. The van der Waals surface area contributed by atoms with Gasteiger partial charge >= 0.3 is 0 Å². The predicted octanol–water partition coefficient (Wildman–Crippen LogP) is 3.78. The van der Waals surface area contributed by atoms with Crippen molar-refractivity contribution >= 4 is 5.91 Å². The quantitative estimate of drug-likeness (QED) is 0.797. The molecule has 0 unspecified atom stereocenters. The topological polar surface area (TPSA) is 65.2 Å². The first-order valence-electron chi connectivity index (χ1n) is 6.92. The van der Waals surface area contributed by atoms with Crippen LogP contribution in [0.15, 0.2) is 66.9 Å². The Morgan fingerprint density at radius 1 is 0.957 bits per heavy atom. The molecule has 1 amide bonds. The first-order chi connectivity index (χ1) is 11.1. The zero-order chi connectivity index (χ0) is 16.2. The van der Waals surface area contributed by atoms with Gasteiger partial charge in [-0.15, -0.1) is 0 Å². The lowest BCUT2D eigenvalue weighted by Gasteiger charge is -2.08. The second kappa shape index (κ2) is 6.27. The number of nitrogens with two attached hydrogens (primary N) is 1. The fraction of sp³-hybridized carbons (Fsp3) is 0. The predicted molar refractivity (Wildman–Crippen MR) is 84.7 cm³/mol. The van der Waals surface area contributed by atoms with Crippen LogP contribution in [0.5, 0.6) is 11.5 Å². The lowest BCUT2D eigenvalue weighted by Crippen LogP contribution is -2.12. The van der Waals surface area contributed by atoms with Gasteiger partial charge in [0.25, 0.3) is 5.91 Å². The zero-order valence-electron chi connectivity index (χ0n) is 12.1. The average molecular weight is 308 g/mol. The van der Waals surface area contributed by atoms with E-state index in [0.717, 1.165) is 5.56 Å². The third-order valence-electron chi connectivity index (χ3n) is 3.25. The maximum Gasteiger partial charge on any atom is 0.250 e. The van der Waals surface area contributed by atoms with Crippen LogP contribution in [0.3, 0.4) is 0 Å². The molecule has 0 saturated heterocycles. The molecule has 114 valence electrons. The molecular formula is C18H13FN2O2. The van der Waals surface area contributed by atoms with Crippen molar-refractivity contribution in [3.8, 4) is 22.8 Å². The second-order valence-corrected chi connectivity index (χ2v) is 4.84. The van der Waals surface area contributed by atoms with Gasteiger partial charge in [0, 0.05) is 11.8 Å². The molecule has 0 spiro atoms. The molecule has 0 radical (unpaired) electrons. The highest BCUT2D eigenvalue weighted by Crippen LogP contribution is 2.26. The van der Waals surface area contributed by atoms with Crippen molar-refractivity contribution < 1.29 is 13.9 Å². The molecule has 0 aliphatic carbocycles. The summed E-state index contributed by atoms with van der Waals surface area (Å²) in [4.78, 5) is 15.7. The number of ether oxygens (including phenoxy) is 1. The summed E-state index contributed by atoms with van der Waals surface area (Å²) in [7, 11) is 0. The Morgan fingerprint density at radius 3 is 2.17 bits per heavy atom. The Bertz CT molecular complexity index is 830. The lowest BCUT2D eigenvalue weighted by atomic mass is 10.1. The van der Waals surface area contributed by atoms with E-state index in [1.54, 1.807) is 54.7 Å². The molecule has 1 aromatic heterocycles. The highest BCUT2D eigenvalue weighted by molar-refractivity contribution is 5.98. The number of primary amides is 1. The van der Waals surface area contributed by atoms with Gasteiger partial charge in [0.1, 0.15) is 17.3 Å². The highest BCUT2D eigenvalue weighted by Gasteiger charge is 2.10. The van der Waals surface area contributed by atoms with Gasteiger partial charge in [-0.1, -0.05) is 0 Å². The number of halogens is 1. The molecule has 4 nitrogen and oxygen atoms in total. The summed E-state index contributed by atoms with van der Waals surface area (Å²) in [6.07, 6.45) is 1.60. The summed E-state index contributed by atoms with van der Waals surface area (Å²) in [5.41, 5.74) is 7.00. The SMILES string of the molecule is NC(=O)c1cccnc1-c1ccc(Oc2ccc(F)cc2)cc1. The van der Waals surface area contributed by atoms with Gasteiger partial charge in [0.2, 0.25) is 0 Å². The molecule has 0 fully saturated rings. The molecule has 23 heavy (non-hydrogen) atoms. The fourth-order valence-electron chi connectivity index (χ4n) is 2.15. The van der Waals surface area contributed by atoms with Crippen LogP contribution in [0.2, 0.25) is 0 Å². The minimum Gasteiger partial charge on any atom is -0.457 e. The number of aromatic nitrogens is 1. The monoisotopic (exact) mass is 308 g/mol. The Labute approximate surface area is 132 Å². The van der Waals surface area contributed by atoms with Crippen molar-refractivity contribution in [2.75, 3.05) is 0 Å². The molecule has 5 heteroatoms. The van der Waals surface area contributed by atoms with E-state index in [2.05, 4.69) is 4.98 Å². The van der Waals surface area contributed by atoms with Crippen molar-refractivity contribution in [3.63, 3.8) is 0 Å². The summed E-state index contributed by atoms with van der Waals surface area (Å²) in [5.74, 6) is 0.285. The van der Waals surface area contributed by atoms with Gasteiger partial charge in [-0.05, 0) is 60.7 Å². The number of nitrogens with zero attached hydrogens (tertiary/aromatic N) is 1. The van der Waals surface area contributed by atoms with E-state index in [1.165, 1.54) is 12.1 Å².